The minimum absolute atomic E-state index is 0.188. The molecule has 2 unspecified atom stereocenters. The molecular weight excluding hydrogens is 266 g/mol. The van der Waals surface area contributed by atoms with E-state index < -0.39 is 11.5 Å². The van der Waals surface area contributed by atoms with Gasteiger partial charge >= 0.3 is 5.97 Å². The number of unbranched alkanes of at least 4 members (excludes halogenated alkanes) is 3. The highest BCUT2D eigenvalue weighted by atomic mass is 16.5. The van der Waals surface area contributed by atoms with Gasteiger partial charge in [0.25, 0.3) is 0 Å². The van der Waals surface area contributed by atoms with E-state index in [1.165, 1.54) is 19.3 Å². The Bertz CT molecular complexity index is 306. The molecule has 21 heavy (non-hydrogen) atoms. The number of hydrogen-bond donors (Lipinski definition) is 2. The van der Waals surface area contributed by atoms with E-state index >= 15 is 0 Å². The molecular formula is C17H33NO3. The highest BCUT2D eigenvalue weighted by molar-refractivity contribution is 5.79. The van der Waals surface area contributed by atoms with Gasteiger partial charge in [-0.05, 0) is 45.4 Å². The van der Waals surface area contributed by atoms with Gasteiger partial charge in [0.1, 0.15) is 5.54 Å². The number of carboxylic acid groups (broad SMARTS) is 1. The Hall–Kier alpha value is -0.610. The molecule has 0 heterocycles. The first-order chi connectivity index (χ1) is 10.0. The first-order valence-corrected chi connectivity index (χ1v) is 8.61. The van der Waals surface area contributed by atoms with Gasteiger partial charge in [-0.3, -0.25) is 10.1 Å². The molecule has 4 nitrogen and oxygen atoms in total. The molecule has 0 spiro atoms. The van der Waals surface area contributed by atoms with Crippen molar-refractivity contribution in [3.8, 4) is 0 Å². The van der Waals surface area contributed by atoms with Crippen LogP contribution < -0.4 is 5.32 Å². The molecule has 0 amide bonds. The van der Waals surface area contributed by atoms with E-state index in [0.29, 0.717) is 6.61 Å². The van der Waals surface area contributed by atoms with E-state index in [1.54, 1.807) is 0 Å². The molecule has 0 aromatic heterocycles. The molecule has 124 valence electrons. The van der Waals surface area contributed by atoms with Gasteiger partial charge in [0.15, 0.2) is 0 Å². The Labute approximate surface area is 129 Å². The van der Waals surface area contributed by atoms with Crippen molar-refractivity contribution in [1.29, 1.82) is 0 Å². The number of carbonyl (C=O) groups is 1. The van der Waals surface area contributed by atoms with Crippen LogP contribution in [-0.4, -0.2) is 35.9 Å². The standard InChI is InChI=1S/C17H33NO3/c1-4-5-6-7-12-21-13-10-15-9-8-11-17(15,16(19)20)18-14(2)3/h14-15,18H,4-13H2,1-3H3,(H,19,20). The normalized spacial score (nSPS) is 25.6. The highest BCUT2D eigenvalue weighted by Gasteiger charge is 2.48. The Balaban J connectivity index is 2.36. The monoisotopic (exact) mass is 299 g/mol. The van der Waals surface area contributed by atoms with E-state index in [1.807, 2.05) is 13.8 Å². The van der Waals surface area contributed by atoms with Crippen LogP contribution in [0.4, 0.5) is 0 Å². The van der Waals surface area contributed by atoms with Crippen molar-refractivity contribution in [3.63, 3.8) is 0 Å². The molecule has 1 aliphatic rings. The highest BCUT2D eigenvalue weighted by Crippen LogP contribution is 2.38. The van der Waals surface area contributed by atoms with Gasteiger partial charge in [-0.25, -0.2) is 0 Å². The van der Waals surface area contributed by atoms with Crippen molar-refractivity contribution in [2.75, 3.05) is 13.2 Å². The van der Waals surface area contributed by atoms with Crippen molar-refractivity contribution in [2.45, 2.75) is 83.7 Å². The largest absolute Gasteiger partial charge is 0.480 e. The summed E-state index contributed by atoms with van der Waals surface area (Å²) < 4.78 is 5.70. The van der Waals surface area contributed by atoms with Crippen LogP contribution in [-0.2, 0) is 9.53 Å². The molecule has 1 saturated carbocycles. The topological polar surface area (TPSA) is 58.6 Å². The van der Waals surface area contributed by atoms with Crippen LogP contribution in [0, 0.1) is 5.92 Å². The summed E-state index contributed by atoms with van der Waals surface area (Å²) in [7, 11) is 0. The average molecular weight is 299 g/mol. The average Bonchev–Trinajstić information content (AvgIpc) is 2.81. The number of aliphatic carboxylic acids is 1. The van der Waals surface area contributed by atoms with Crippen LogP contribution in [0.2, 0.25) is 0 Å². The van der Waals surface area contributed by atoms with Crippen LogP contribution in [0.1, 0.15) is 72.1 Å². The summed E-state index contributed by atoms with van der Waals surface area (Å²) in [5, 5.41) is 13.0. The maximum Gasteiger partial charge on any atom is 0.324 e. The van der Waals surface area contributed by atoms with Gasteiger partial charge < -0.3 is 9.84 Å². The lowest BCUT2D eigenvalue weighted by Gasteiger charge is -2.34. The minimum atomic E-state index is -0.736. The number of carboxylic acids is 1. The molecule has 0 bridgehead atoms. The number of nitrogens with one attached hydrogen (secondary N) is 1. The molecule has 0 aromatic carbocycles. The quantitative estimate of drug-likeness (QED) is 0.572. The fourth-order valence-electron chi connectivity index (χ4n) is 3.48. The second-order valence-electron chi connectivity index (χ2n) is 6.63. The molecule has 0 aromatic rings. The van der Waals surface area contributed by atoms with Crippen molar-refractivity contribution >= 4 is 5.97 Å². The second-order valence-corrected chi connectivity index (χ2v) is 6.63. The summed E-state index contributed by atoms with van der Waals surface area (Å²) in [5.41, 5.74) is -0.736. The molecule has 0 radical (unpaired) electrons. The lowest BCUT2D eigenvalue weighted by molar-refractivity contribution is -0.147. The third-order valence-electron chi connectivity index (χ3n) is 4.50. The Morgan fingerprint density at radius 3 is 2.71 bits per heavy atom. The molecule has 4 heteroatoms. The van der Waals surface area contributed by atoms with E-state index in [4.69, 9.17) is 4.74 Å². The predicted octanol–water partition coefficient (Wildman–Crippen LogP) is 3.59. The van der Waals surface area contributed by atoms with Gasteiger partial charge in [-0.2, -0.15) is 0 Å². The van der Waals surface area contributed by atoms with Crippen LogP contribution in [0.15, 0.2) is 0 Å². The zero-order valence-corrected chi connectivity index (χ0v) is 14.0. The third kappa shape index (κ3) is 5.59. The molecule has 0 aliphatic heterocycles. The maximum absolute atomic E-state index is 11.8. The van der Waals surface area contributed by atoms with Gasteiger partial charge in [-0.15, -0.1) is 0 Å². The Morgan fingerprint density at radius 1 is 1.33 bits per heavy atom. The van der Waals surface area contributed by atoms with E-state index in [2.05, 4.69) is 12.2 Å². The number of rotatable bonds is 11. The second kappa shape index (κ2) is 9.42. The summed E-state index contributed by atoms with van der Waals surface area (Å²) >= 11 is 0. The van der Waals surface area contributed by atoms with Gasteiger partial charge in [0.2, 0.25) is 0 Å². The van der Waals surface area contributed by atoms with E-state index in [9.17, 15) is 9.90 Å². The first-order valence-electron chi connectivity index (χ1n) is 8.61. The van der Waals surface area contributed by atoms with Crippen LogP contribution >= 0.6 is 0 Å². The Kier molecular flexibility index (Phi) is 8.27. The summed E-state index contributed by atoms with van der Waals surface area (Å²) in [6.45, 7) is 7.73. The molecule has 1 aliphatic carbocycles. The van der Waals surface area contributed by atoms with Crippen molar-refractivity contribution in [1.82, 2.24) is 5.32 Å². The van der Waals surface area contributed by atoms with E-state index in [0.717, 1.165) is 38.7 Å². The zero-order valence-electron chi connectivity index (χ0n) is 14.0. The number of ether oxygens (including phenoxy) is 1. The fraction of sp³-hybridized carbons (Fsp3) is 0.941. The Morgan fingerprint density at radius 2 is 2.10 bits per heavy atom. The maximum atomic E-state index is 11.8. The molecule has 2 atom stereocenters. The predicted molar refractivity (Wildman–Crippen MR) is 85.6 cm³/mol. The van der Waals surface area contributed by atoms with Gasteiger partial charge in [0, 0.05) is 19.3 Å². The van der Waals surface area contributed by atoms with Gasteiger partial charge in [-0.1, -0.05) is 32.6 Å². The lowest BCUT2D eigenvalue weighted by Crippen LogP contribution is -2.57. The molecule has 1 fully saturated rings. The number of hydrogen-bond acceptors (Lipinski definition) is 3. The molecule has 2 N–H and O–H groups in total. The molecule has 1 rings (SSSR count). The van der Waals surface area contributed by atoms with Crippen molar-refractivity contribution < 1.29 is 14.6 Å². The van der Waals surface area contributed by atoms with E-state index in [-0.39, 0.29) is 12.0 Å². The van der Waals surface area contributed by atoms with Gasteiger partial charge in [0.05, 0.1) is 0 Å². The minimum Gasteiger partial charge on any atom is -0.480 e. The lowest BCUT2D eigenvalue weighted by atomic mass is 9.84. The zero-order chi connectivity index (χ0) is 15.7. The smallest absolute Gasteiger partial charge is 0.324 e. The summed E-state index contributed by atoms with van der Waals surface area (Å²) in [5.74, 6) is -0.505. The van der Waals surface area contributed by atoms with Crippen molar-refractivity contribution in [3.05, 3.63) is 0 Å². The van der Waals surface area contributed by atoms with Crippen LogP contribution in [0.5, 0.6) is 0 Å². The molecule has 0 saturated heterocycles. The summed E-state index contributed by atoms with van der Waals surface area (Å²) in [4.78, 5) is 11.8. The van der Waals surface area contributed by atoms with Crippen molar-refractivity contribution in [2.24, 2.45) is 5.92 Å². The fourth-order valence-corrected chi connectivity index (χ4v) is 3.48. The SMILES string of the molecule is CCCCCCOCCC1CCCC1(NC(C)C)C(=O)O. The van der Waals surface area contributed by atoms with Crippen LogP contribution in [0.25, 0.3) is 0 Å². The summed E-state index contributed by atoms with van der Waals surface area (Å²) in [6.07, 6.45) is 8.43. The first kappa shape index (κ1) is 18.4. The third-order valence-corrected chi connectivity index (χ3v) is 4.50. The summed E-state index contributed by atoms with van der Waals surface area (Å²) in [6, 6.07) is 0.191. The van der Waals surface area contributed by atoms with Crippen LogP contribution in [0.3, 0.4) is 0 Å².